The van der Waals surface area contributed by atoms with E-state index in [4.69, 9.17) is 4.43 Å². The van der Waals surface area contributed by atoms with Gasteiger partial charge in [-0.15, -0.1) is 0 Å². The lowest BCUT2D eigenvalue weighted by atomic mass is 10.0. The largest absolute Gasteiger partial charge is 0.471 e. The molecule has 0 aliphatic carbocycles. The van der Waals surface area contributed by atoms with Gasteiger partial charge in [-0.25, -0.2) is 0 Å². The fourth-order valence-corrected chi connectivity index (χ4v) is 3.15. The summed E-state index contributed by atoms with van der Waals surface area (Å²) in [6.45, 7) is 7.45. The van der Waals surface area contributed by atoms with Gasteiger partial charge in [0, 0.05) is 7.05 Å². The summed E-state index contributed by atoms with van der Waals surface area (Å²) in [6, 6.07) is 8.29. The van der Waals surface area contributed by atoms with Gasteiger partial charge in [0.05, 0.1) is 12.1 Å². The number of amides is 1. The third-order valence-corrected chi connectivity index (χ3v) is 4.18. The predicted octanol–water partition coefficient (Wildman–Crippen LogP) is 3.99. The minimum Gasteiger partial charge on any atom is -0.409 e. The van der Waals surface area contributed by atoms with E-state index in [9.17, 15) is 18.0 Å². The van der Waals surface area contributed by atoms with Gasteiger partial charge in [-0.05, 0) is 32.1 Å². The molecular formula is C15H22F3NO2Si. The van der Waals surface area contributed by atoms with Crippen molar-refractivity contribution in [2.24, 2.45) is 0 Å². The van der Waals surface area contributed by atoms with Crippen molar-refractivity contribution < 1.29 is 22.4 Å². The van der Waals surface area contributed by atoms with E-state index in [1.165, 1.54) is 0 Å². The zero-order valence-electron chi connectivity index (χ0n) is 13.4. The summed E-state index contributed by atoms with van der Waals surface area (Å²) in [5.41, 5.74) is 0.763. The normalized spacial score (nSPS) is 15.3. The number of benzene rings is 1. The van der Waals surface area contributed by atoms with Gasteiger partial charge in [-0.2, -0.15) is 13.2 Å². The van der Waals surface area contributed by atoms with E-state index in [-0.39, 0.29) is 0 Å². The molecule has 0 saturated carbocycles. The molecule has 0 heterocycles. The number of carbonyl (C=O) groups excluding carboxylic acids is 1. The van der Waals surface area contributed by atoms with Gasteiger partial charge in [-0.3, -0.25) is 4.79 Å². The molecule has 0 aliphatic heterocycles. The second kappa shape index (κ2) is 6.83. The molecule has 3 nitrogen and oxygen atoms in total. The predicted molar refractivity (Wildman–Crippen MR) is 81.9 cm³/mol. The monoisotopic (exact) mass is 333 g/mol. The first kappa shape index (κ1) is 18.7. The van der Waals surface area contributed by atoms with E-state index in [2.05, 4.69) is 0 Å². The Balaban J connectivity index is 3.08. The van der Waals surface area contributed by atoms with E-state index < -0.39 is 32.5 Å². The second-order valence-electron chi connectivity index (χ2n) is 6.22. The first-order valence-electron chi connectivity index (χ1n) is 7.00. The minimum atomic E-state index is -4.89. The molecule has 0 N–H and O–H groups in total. The van der Waals surface area contributed by atoms with Crippen LogP contribution in [0.1, 0.15) is 18.6 Å². The lowest BCUT2D eigenvalue weighted by Crippen LogP contribution is -2.47. The maximum absolute atomic E-state index is 12.6. The van der Waals surface area contributed by atoms with E-state index in [0.29, 0.717) is 4.90 Å². The van der Waals surface area contributed by atoms with Gasteiger partial charge in [0.2, 0.25) is 0 Å². The molecule has 0 radical (unpaired) electrons. The van der Waals surface area contributed by atoms with Crippen LogP contribution < -0.4 is 0 Å². The van der Waals surface area contributed by atoms with Crippen molar-refractivity contribution in [3.05, 3.63) is 35.9 Å². The third kappa shape index (κ3) is 5.13. The summed E-state index contributed by atoms with van der Waals surface area (Å²) >= 11 is 0. The van der Waals surface area contributed by atoms with Gasteiger partial charge in [0.25, 0.3) is 0 Å². The van der Waals surface area contributed by atoms with Crippen LogP contribution in [-0.2, 0) is 9.22 Å². The number of alkyl halides is 3. The van der Waals surface area contributed by atoms with Gasteiger partial charge in [0.1, 0.15) is 0 Å². The zero-order valence-corrected chi connectivity index (χ0v) is 14.4. The molecule has 0 unspecified atom stereocenters. The molecule has 1 amide bonds. The third-order valence-electron chi connectivity index (χ3n) is 3.22. The lowest BCUT2D eigenvalue weighted by Gasteiger charge is -2.36. The molecule has 2 atom stereocenters. The Morgan fingerprint density at radius 1 is 1.18 bits per heavy atom. The molecule has 7 heteroatoms. The van der Waals surface area contributed by atoms with Crippen molar-refractivity contribution in [1.82, 2.24) is 4.90 Å². The highest BCUT2D eigenvalue weighted by atomic mass is 28.4. The smallest absolute Gasteiger partial charge is 0.409 e. The Hall–Kier alpha value is -1.34. The number of hydrogen-bond donors (Lipinski definition) is 0. The summed E-state index contributed by atoms with van der Waals surface area (Å²) in [5, 5.41) is 0. The van der Waals surface area contributed by atoms with Crippen LogP contribution in [0.2, 0.25) is 19.6 Å². The number of likely N-dealkylation sites (N-methyl/N-ethyl adjacent to an activating group) is 1. The Morgan fingerprint density at radius 2 is 1.68 bits per heavy atom. The van der Waals surface area contributed by atoms with Crippen molar-refractivity contribution in [3.63, 3.8) is 0 Å². The summed E-state index contributed by atoms with van der Waals surface area (Å²) in [5.74, 6) is -1.86. The molecular weight excluding hydrogens is 311 g/mol. The molecule has 0 aromatic heterocycles. The molecule has 124 valence electrons. The number of rotatable bonds is 5. The maximum Gasteiger partial charge on any atom is 0.471 e. The summed E-state index contributed by atoms with van der Waals surface area (Å²) in [6.07, 6.45) is -5.48. The van der Waals surface area contributed by atoms with E-state index >= 15 is 0 Å². The topological polar surface area (TPSA) is 29.5 Å². The van der Waals surface area contributed by atoms with E-state index in [1.54, 1.807) is 31.2 Å². The zero-order chi connectivity index (χ0) is 17.1. The van der Waals surface area contributed by atoms with Crippen molar-refractivity contribution >= 4 is 14.2 Å². The maximum atomic E-state index is 12.6. The molecule has 22 heavy (non-hydrogen) atoms. The Kier molecular flexibility index (Phi) is 5.80. The summed E-state index contributed by atoms with van der Waals surface area (Å²) in [7, 11) is -0.855. The number of hydrogen-bond acceptors (Lipinski definition) is 2. The highest BCUT2D eigenvalue weighted by Gasteiger charge is 2.44. The first-order chi connectivity index (χ1) is 9.93. The van der Waals surface area contributed by atoms with Crippen LogP contribution in [0.25, 0.3) is 0 Å². The molecule has 0 fully saturated rings. The molecule has 0 aliphatic rings. The van der Waals surface area contributed by atoms with Crippen LogP contribution >= 0.6 is 0 Å². The average Bonchev–Trinajstić information content (AvgIpc) is 2.41. The summed E-state index contributed by atoms with van der Waals surface area (Å²) < 4.78 is 44.0. The van der Waals surface area contributed by atoms with Gasteiger partial charge >= 0.3 is 12.1 Å². The molecule has 0 spiro atoms. The standard InChI is InChI=1S/C15H22F3NO2Si/c1-11(19(2)14(20)15(16,17)18)13(21-22(3,4)5)12-9-7-6-8-10-12/h6-11,13H,1-5H3/t11-,13-/m0/s1. The molecule has 0 bridgehead atoms. The Bertz CT molecular complexity index is 500. The fourth-order valence-electron chi connectivity index (χ4n) is 2.06. The van der Waals surface area contributed by atoms with Crippen LogP contribution in [0, 0.1) is 0 Å². The number of nitrogens with zero attached hydrogens (tertiary/aromatic N) is 1. The lowest BCUT2D eigenvalue weighted by molar-refractivity contribution is -0.187. The van der Waals surface area contributed by atoms with E-state index in [0.717, 1.165) is 12.6 Å². The van der Waals surface area contributed by atoms with Crippen LogP contribution in [0.15, 0.2) is 30.3 Å². The molecule has 1 rings (SSSR count). The van der Waals surface area contributed by atoms with Gasteiger partial charge in [0.15, 0.2) is 8.32 Å². The van der Waals surface area contributed by atoms with Crippen molar-refractivity contribution in [1.29, 1.82) is 0 Å². The SMILES string of the molecule is C[C@@H]([C@H](O[Si](C)(C)C)c1ccccc1)N(C)C(=O)C(F)(F)F. The van der Waals surface area contributed by atoms with Crippen molar-refractivity contribution in [3.8, 4) is 0 Å². The highest BCUT2D eigenvalue weighted by molar-refractivity contribution is 6.69. The van der Waals surface area contributed by atoms with Gasteiger partial charge in [-0.1, -0.05) is 30.3 Å². The number of carbonyl (C=O) groups is 1. The van der Waals surface area contributed by atoms with Crippen LogP contribution in [0.4, 0.5) is 13.2 Å². The molecule has 1 aromatic rings. The molecule has 1 aromatic carbocycles. The van der Waals surface area contributed by atoms with E-state index in [1.807, 2.05) is 25.7 Å². The first-order valence-corrected chi connectivity index (χ1v) is 10.4. The fraction of sp³-hybridized carbons (Fsp3) is 0.533. The summed E-state index contributed by atoms with van der Waals surface area (Å²) in [4.78, 5) is 12.2. The average molecular weight is 333 g/mol. The van der Waals surface area contributed by atoms with Crippen molar-refractivity contribution in [2.45, 2.75) is 44.9 Å². The van der Waals surface area contributed by atoms with Gasteiger partial charge < -0.3 is 9.33 Å². The Morgan fingerprint density at radius 3 is 2.09 bits per heavy atom. The van der Waals surface area contributed by atoms with Crippen molar-refractivity contribution in [2.75, 3.05) is 7.05 Å². The van der Waals surface area contributed by atoms with Crippen LogP contribution in [0.5, 0.6) is 0 Å². The van der Waals surface area contributed by atoms with Crippen LogP contribution in [-0.4, -0.2) is 38.4 Å². The second-order valence-corrected chi connectivity index (χ2v) is 10.7. The van der Waals surface area contributed by atoms with Crippen LogP contribution in [0.3, 0.4) is 0 Å². The number of halogens is 3. The highest BCUT2D eigenvalue weighted by Crippen LogP contribution is 2.30. The molecule has 0 saturated heterocycles. The minimum absolute atomic E-state index is 0.593. The Labute approximate surface area is 130 Å². The quantitative estimate of drug-likeness (QED) is 0.763.